The minimum Gasteiger partial charge on any atom is -0.475 e. The van der Waals surface area contributed by atoms with Crippen LogP contribution < -0.4 is 21.5 Å². The van der Waals surface area contributed by atoms with Crippen LogP contribution in [0.2, 0.25) is 0 Å². The number of nitrogens with one attached hydrogen (secondary N) is 1. The number of benzene rings is 1. The van der Waals surface area contributed by atoms with Crippen LogP contribution >= 0.6 is 0 Å². The maximum Gasteiger partial charge on any atom is 0.429 e. The van der Waals surface area contributed by atoms with Crippen LogP contribution in [-0.2, 0) is 14.3 Å². The Bertz CT molecular complexity index is 924. The van der Waals surface area contributed by atoms with Crippen LogP contribution in [0.4, 0.5) is 13.2 Å². The quantitative estimate of drug-likeness (QED) is 0.238. The first-order valence-electron chi connectivity index (χ1n) is 9.94. The lowest BCUT2D eigenvalue weighted by atomic mass is 9.96. The first-order valence-corrected chi connectivity index (χ1v) is 9.94. The molecule has 32 heavy (non-hydrogen) atoms. The molecule has 0 fully saturated rings. The molecule has 1 aliphatic rings. The van der Waals surface area contributed by atoms with Gasteiger partial charge in [-0.2, -0.15) is 13.2 Å². The molecular formula is C21H27F3N4O4. The molecule has 1 aromatic rings. The van der Waals surface area contributed by atoms with Gasteiger partial charge in [0.15, 0.2) is 5.96 Å². The number of rotatable bonds is 8. The van der Waals surface area contributed by atoms with Crippen molar-refractivity contribution in [3.8, 4) is 5.75 Å². The molecule has 0 aliphatic carbocycles. The van der Waals surface area contributed by atoms with Crippen LogP contribution in [-0.4, -0.2) is 49.8 Å². The molecule has 0 aromatic heterocycles. The van der Waals surface area contributed by atoms with E-state index in [1.54, 1.807) is 26.0 Å². The number of halogens is 3. The highest BCUT2D eigenvalue weighted by atomic mass is 19.4. The van der Waals surface area contributed by atoms with Gasteiger partial charge < -0.3 is 26.3 Å². The largest absolute Gasteiger partial charge is 0.475 e. The minimum atomic E-state index is -4.83. The smallest absolute Gasteiger partial charge is 0.429 e. The number of carbonyl (C=O) groups excluding carboxylic acids is 2. The van der Waals surface area contributed by atoms with Crippen molar-refractivity contribution in [2.24, 2.45) is 16.5 Å². The molecule has 2 atom stereocenters. The van der Waals surface area contributed by atoms with E-state index < -0.39 is 35.8 Å². The van der Waals surface area contributed by atoms with E-state index in [-0.39, 0.29) is 18.1 Å². The lowest BCUT2D eigenvalue weighted by molar-refractivity contribution is -0.185. The number of unbranched alkanes of at least 4 members (excludes halogenated alkanes) is 1. The molecule has 1 heterocycles. The lowest BCUT2D eigenvalue weighted by Crippen LogP contribution is -2.48. The summed E-state index contributed by atoms with van der Waals surface area (Å²) in [6.45, 7) is 3.73. The number of nitrogens with zero attached hydrogens (tertiary/aromatic N) is 1. The van der Waals surface area contributed by atoms with E-state index in [2.05, 4.69) is 15.0 Å². The molecule has 0 bridgehead atoms. The van der Waals surface area contributed by atoms with Crippen molar-refractivity contribution in [1.29, 1.82) is 0 Å². The zero-order chi connectivity index (χ0) is 24.1. The second-order valence-corrected chi connectivity index (χ2v) is 7.49. The fourth-order valence-electron chi connectivity index (χ4n) is 3.41. The normalized spacial score (nSPS) is 16.2. The third-order valence-electron chi connectivity index (χ3n) is 4.82. The summed E-state index contributed by atoms with van der Waals surface area (Å²) in [5.41, 5.74) is 11.5. The average Bonchev–Trinajstić information content (AvgIpc) is 2.69. The van der Waals surface area contributed by atoms with E-state index in [1.165, 1.54) is 0 Å². The Morgan fingerprint density at radius 2 is 1.94 bits per heavy atom. The van der Waals surface area contributed by atoms with Gasteiger partial charge in [-0.05, 0) is 50.8 Å². The molecule has 176 valence electrons. The van der Waals surface area contributed by atoms with Crippen molar-refractivity contribution >= 4 is 23.9 Å². The van der Waals surface area contributed by atoms with Crippen molar-refractivity contribution in [3.63, 3.8) is 0 Å². The number of hydrogen-bond donors (Lipinski definition) is 3. The van der Waals surface area contributed by atoms with E-state index in [4.69, 9.17) is 16.2 Å². The molecule has 11 heteroatoms. The molecule has 0 saturated carbocycles. The Hall–Kier alpha value is -3.24. The van der Waals surface area contributed by atoms with E-state index in [0.29, 0.717) is 30.5 Å². The Morgan fingerprint density at radius 1 is 1.25 bits per heavy atom. The number of aliphatic imine (C=N–C) groups is 1. The van der Waals surface area contributed by atoms with Gasteiger partial charge in [-0.15, -0.1) is 0 Å². The molecular weight excluding hydrogens is 429 g/mol. The van der Waals surface area contributed by atoms with E-state index in [0.717, 1.165) is 18.7 Å². The first kappa shape index (κ1) is 25.0. The number of carbonyl (C=O) groups is 2. The fraction of sp³-hybridized carbons (Fsp3) is 0.476. The summed E-state index contributed by atoms with van der Waals surface area (Å²) in [4.78, 5) is 28.7. The zero-order valence-corrected chi connectivity index (χ0v) is 18.1. The molecule has 8 nitrogen and oxygen atoms in total. The maximum atomic E-state index is 13.7. The Morgan fingerprint density at radius 3 is 2.53 bits per heavy atom. The molecule has 0 saturated heterocycles. The van der Waals surface area contributed by atoms with Gasteiger partial charge in [-0.1, -0.05) is 11.6 Å². The summed E-state index contributed by atoms with van der Waals surface area (Å²) in [6.07, 6.45) is -5.08. The molecule has 1 aliphatic heterocycles. The topological polar surface area (TPSA) is 129 Å². The highest BCUT2D eigenvalue weighted by Gasteiger charge is 2.48. The number of nitrogens with two attached hydrogens (primary N) is 2. The molecule has 0 radical (unpaired) electrons. The first-order chi connectivity index (χ1) is 14.9. The lowest BCUT2D eigenvalue weighted by Gasteiger charge is -2.30. The fourth-order valence-corrected chi connectivity index (χ4v) is 3.41. The average molecular weight is 456 g/mol. The van der Waals surface area contributed by atoms with Crippen molar-refractivity contribution in [2.75, 3.05) is 13.7 Å². The van der Waals surface area contributed by atoms with Crippen molar-refractivity contribution in [2.45, 2.75) is 51.4 Å². The Labute approximate surface area is 183 Å². The summed E-state index contributed by atoms with van der Waals surface area (Å²) in [6, 6.07) is 2.19. The Kier molecular flexibility index (Phi) is 8.12. The van der Waals surface area contributed by atoms with Gasteiger partial charge >= 0.3 is 12.1 Å². The number of fused-ring (bicyclic) bond motifs is 1. The monoisotopic (exact) mass is 456 g/mol. The van der Waals surface area contributed by atoms with Crippen LogP contribution in [0, 0.1) is 13.8 Å². The number of ether oxygens (including phenoxy) is 2. The molecule has 1 aromatic carbocycles. The van der Waals surface area contributed by atoms with Gasteiger partial charge in [0, 0.05) is 12.1 Å². The number of aryl methyl sites for hydroxylation is 2. The maximum absolute atomic E-state index is 13.7. The predicted molar refractivity (Wildman–Crippen MR) is 113 cm³/mol. The third kappa shape index (κ3) is 6.38. The van der Waals surface area contributed by atoms with Gasteiger partial charge in [0.25, 0.3) is 5.91 Å². The van der Waals surface area contributed by atoms with Gasteiger partial charge in [-0.3, -0.25) is 9.79 Å². The van der Waals surface area contributed by atoms with Crippen LogP contribution in [0.1, 0.15) is 36.0 Å². The van der Waals surface area contributed by atoms with Gasteiger partial charge in [0.1, 0.15) is 11.8 Å². The number of hydrogen-bond acceptors (Lipinski definition) is 5. The standard InChI is InChI=1S/C21H27F3N4O4/c1-11-8-12(2)16-13(9-11)10-14(17(32-16)21(22,23)24)18(29)28-15(19(30)31-3)6-4-5-7-27-20(25)26/h8-10,15,17H,4-7H2,1-3H3,(H,28,29)(H4,25,26,27)/t15?,17-/m0/s1. The number of guanidine groups is 1. The number of esters is 1. The van der Waals surface area contributed by atoms with E-state index in [1.807, 2.05) is 0 Å². The number of methoxy groups -OCH3 is 1. The van der Waals surface area contributed by atoms with Gasteiger partial charge in [0.05, 0.1) is 12.7 Å². The van der Waals surface area contributed by atoms with Gasteiger partial charge in [-0.25, -0.2) is 4.79 Å². The van der Waals surface area contributed by atoms with Crippen LogP contribution in [0.3, 0.4) is 0 Å². The van der Waals surface area contributed by atoms with Gasteiger partial charge in [0.2, 0.25) is 6.10 Å². The van der Waals surface area contributed by atoms with E-state index in [9.17, 15) is 22.8 Å². The molecule has 0 spiro atoms. The second kappa shape index (κ2) is 10.4. The third-order valence-corrected chi connectivity index (χ3v) is 4.82. The predicted octanol–water partition coefficient (Wildman–Crippen LogP) is 2.11. The SMILES string of the molecule is COC(=O)C(CCCCN=C(N)N)NC(=O)C1=Cc2cc(C)cc(C)c2O[C@@H]1C(F)(F)F. The van der Waals surface area contributed by atoms with Crippen molar-refractivity contribution in [3.05, 3.63) is 34.4 Å². The van der Waals surface area contributed by atoms with E-state index >= 15 is 0 Å². The summed E-state index contributed by atoms with van der Waals surface area (Å²) in [5, 5.41) is 2.35. The van der Waals surface area contributed by atoms with Crippen LogP contribution in [0.5, 0.6) is 5.75 Å². The summed E-state index contributed by atoms with van der Waals surface area (Å²) >= 11 is 0. The number of amides is 1. The number of alkyl halides is 3. The van der Waals surface area contributed by atoms with Crippen molar-refractivity contribution < 1.29 is 32.2 Å². The molecule has 5 N–H and O–H groups in total. The summed E-state index contributed by atoms with van der Waals surface area (Å²) < 4.78 is 51.0. The minimum absolute atomic E-state index is 0.0683. The van der Waals surface area contributed by atoms with Crippen LogP contribution in [0.25, 0.3) is 6.08 Å². The zero-order valence-electron chi connectivity index (χ0n) is 18.1. The molecule has 1 unspecified atom stereocenters. The Balaban J connectivity index is 2.26. The molecule has 2 rings (SSSR count). The highest BCUT2D eigenvalue weighted by Crippen LogP contribution is 2.39. The van der Waals surface area contributed by atoms with Crippen LogP contribution in [0.15, 0.2) is 22.7 Å². The highest BCUT2D eigenvalue weighted by molar-refractivity contribution is 6.02. The summed E-state index contributed by atoms with van der Waals surface area (Å²) in [7, 11) is 1.13. The summed E-state index contributed by atoms with van der Waals surface area (Å²) in [5.74, 6) is -1.83. The second-order valence-electron chi connectivity index (χ2n) is 7.49. The van der Waals surface area contributed by atoms with Crippen molar-refractivity contribution in [1.82, 2.24) is 5.32 Å². The molecule has 1 amide bonds.